The van der Waals surface area contributed by atoms with Gasteiger partial charge in [0.1, 0.15) is 0 Å². The van der Waals surface area contributed by atoms with Crippen LogP contribution in [-0.4, -0.2) is 163 Å². The van der Waals surface area contributed by atoms with E-state index in [-0.39, 0.29) is 118 Å². The van der Waals surface area contributed by atoms with Crippen LogP contribution in [0.15, 0.2) is 0 Å². The molecular weight excluding hydrogens is 316 g/mol. The zero-order valence-corrected chi connectivity index (χ0v) is 9.42. The molecule has 0 aliphatic heterocycles. The maximum absolute atomic E-state index is 9.00. The van der Waals surface area contributed by atoms with Crippen LogP contribution in [0.25, 0.3) is 0 Å². The van der Waals surface area contributed by atoms with Crippen LogP contribution in [0.2, 0.25) is 0 Å². The molecule has 0 unspecified atom stereocenters. The summed E-state index contributed by atoms with van der Waals surface area (Å²) < 4.78 is 0. The molecule has 20 heavy (non-hydrogen) atoms. The molecule has 0 fully saturated rings. The normalized spacial score (nSPS) is 5.00. The van der Waals surface area contributed by atoms with Crippen molar-refractivity contribution in [2.24, 2.45) is 0 Å². The van der Waals surface area contributed by atoms with E-state index in [0.29, 0.717) is 0 Å². The maximum atomic E-state index is 9.00. The first kappa shape index (κ1) is 49.5. The summed E-state index contributed by atoms with van der Waals surface area (Å²) in [6.07, 6.45) is 0. The molecular formula is C8H20Na4O8. The molecule has 104 valence electrons. The summed E-state index contributed by atoms with van der Waals surface area (Å²) in [7, 11) is 0. The van der Waals surface area contributed by atoms with Crippen molar-refractivity contribution in [1.82, 2.24) is 0 Å². The number of carbonyl (C=O) groups is 4. The molecule has 0 aromatic carbocycles. The van der Waals surface area contributed by atoms with Crippen LogP contribution in [0.4, 0.5) is 0 Å². The molecule has 0 aromatic heterocycles. The first-order chi connectivity index (χ1) is 6.93. The van der Waals surface area contributed by atoms with E-state index in [1.807, 2.05) is 0 Å². The quantitative estimate of drug-likeness (QED) is 0.363. The van der Waals surface area contributed by atoms with Crippen LogP contribution in [0.3, 0.4) is 0 Å². The average Bonchev–Trinajstić information content (AvgIpc) is 1.76. The number of carboxylic acid groups (broad SMARTS) is 4. The molecule has 0 heterocycles. The summed E-state index contributed by atoms with van der Waals surface area (Å²) >= 11 is 0. The van der Waals surface area contributed by atoms with Gasteiger partial charge in [0.05, 0.1) is 0 Å². The number of carboxylic acids is 4. The Morgan fingerprint density at radius 1 is 0.450 bits per heavy atom. The van der Waals surface area contributed by atoms with Crippen LogP contribution < -0.4 is 0 Å². The monoisotopic (exact) mass is 336 g/mol. The third-order valence-electron chi connectivity index (χ3n) is 0. The van der Waals surface area contributed by atoms with Crippen LogP contribution in [0, 0.1) is 0 Å². The fourth-order valence-electron chi connectivity index (χ4n) is 0. The van der Waals surface area contributed by atoms with Gasteiger partial charge in [-0.05, 0) is 0 Å². The molecule has 0 radical (unpaired) electrons. The van der Waals surface area contributed by atoms with Crippen molar-refractivity contribution in [3.63, 3.8) is 0 Å². The zero-order valence-electron chi connectivity index (χ0n) is 9.42. The van der Waals surface area contributed by atoms with Gasteiger partial charge >= 0.3 is 118 Å². The predicted molar refractivity (Wildman–Crippen MR) is 81.8 cm³/mol. The number of hydrogen-bond donors (Lipinski definition) is 4. The molecule has 0 aliphatic rings. The van der Waals surface area contributed by atoms with E-state index in [1.165, 1.54) is 0 Å². The molecule has 0 atom stereocenters. The van der Waals surface area contributed by atoms with Gasteiger partial charge in [0.2, 0.25) is 0 Å². The third-order valence-corrected chi connectivity index (χ3v) is 0. The van der Waals surface area contributed by atoms with Gasteiger partial charge in [-0.1, -0.05) is 0 Å². The van der Waals surface area contributed by atoms with Gasteiger partial charge in [-0.15, -0.1) is 0 Å². The SMILES string of the molecule is CC(=O)O.CC(=O)O.CC(=O)O.CC(=O)O.[NaH].[NaH].[NaH].[NaH]. The van der Waals surface area contributed by atoms with E-state index in [2.05, 4.69) is 0 Å². The second kappa shape index (κ2) is 42.8. The summed E-state index contributed by atoms with van der Waals surface area (Å²) in [5, 5.41) is 29.7. The molecule has 0 saturated heterocycles. The Kier molecular flexibility index (Phi) is 106. The minimum atomic E-state index is -0.833. The molecule has 8 nitrogen and oxygen atoms in total. The van der Waals surface area contributed by atoms with Crippen LogP contribution in [0.5, 0.6) is 0 Å². The van der Waals surface area contributed by atoms with Crippen LogP contribution >= 0.6 is 0 Å². The molecule has 0 amide bonds. The minimum absolute atomic E-state index is 0. The average molecular weight is 336 g/mol. The summed E-state index contributed by atoms with van der Waals surface area (Å²) in [6, 6.07) is 0. The van der Waals surface area contributed by atoms with Crippen molar-refractivity contribution >= 4 is 142 Å². The molecule has 12 heteroatoms. The second-order valence-electron chi connectivity index (χ2n) is 2.08. The molecule has 4 N–H and O–H groups in total. The van der Waals surface area contributed by atoms with E-state index >= 15 is 0 Å². The number of aliphatic carboxylic acids is 4. The molecule has 0 spiro atoms. The van der Waals surface area contributed by atoms with Gasteiger partial charge in [-0.2, -0.15) is 0 Å². The van der Waals surface area contributed by atoms with E-state index in [4.69, 9.17) is 39.6 Å². The van der Waals surface area contributed by atoms with E-state index in [9.17, 15) is 0 Å². The number of hydrogen-bond acceptors (Lipinski definition) is 4. The Balaban J connectivity index is -0.0000000150. The van der Waals surface area contributed by atoms with Crippen molar-refractivity contribution in [3.8, 4) is 0 Å². The van der Waals surface area contributed by atoms with Crippen molar-refractivity contribution in [2.75, 3.05) is 0 Å². The Morgan fingerprint density at radius 3 is 0.450 bits per heavy atom. The number of rotatable bonds is 0. The van der Waals surface area contributed by atoms with Gasteiger partial charge in [0.15, 0.2) is 0 Å². The molecule has 0 bridgehead atoms. The van der Waals surface area contributed by atoms with E-state index in [0.717, 1.165) is 27.7 Å². The second-order valence-corrected chi connectivity index (χ2v) is 2.08. The molecule has 0 aromatic rings. The summed E-state index contributed by atoms with van der Waals surface area (Å²) in [6.45, 7) is 4.33. The van der Waals surface area contributed by atoms with Crippen molar-refractivity contribution in [1.29, 1.82) is 0 Å². The standard InChI is InChI=1S/4C2H4O2.4Na.4H/c4*1-2(3)4;;;;;;;;/h4*1H3,(H,3,4);;;;;;;;. The Morgan fingerprint density at radius 2 is 0.450 bits per heavy atom. The van der Waals surface area contributed by atoms with Crippen LogP contribution in [0.1, 0.15) is 27.7 Å². The fraction of sp³-hybridized carbons (Fsp3) is 0.500. The van der Waals surface area contributed by atoms with Gasteiger partial charge in [0.25, 0.3) is 23.9 Å². The Labute approximate surface area is 206 Å². The topological polar surface area (TPSA) is 149 Å². The zero-order chi connectivity index (χ0) is 14.3. The van der Waals surface area contributed by atoms with Crippen LogP contribution in [-0.2, 0) is 19.2 Å². The van der Waals surface area contributed by atoms with Gasteiger partial charge in [-0.25, -0.2) is 0 Å². The Hall–Kier alpha value is 1.88. The molecule has 0 rings (SSSR count). The summed E-state index contributed by atoms with van der Waals surface area (Å²) in [4.78, 5) is 36.0. The summed E-state index contributed by atoms with van der Waals surface area (Å²) in [5.74, 6) is -3.33. The first-order valence-electron chi connectivity index (χ1n) is 3.71. The predicted octanol–water partition coefficient (Wildman–Crippen LogP) is -2.23. The van der Waals surface area contributed by atoms with E-state index in [1.54, 1.807) is 0 Å². The van der Waals surface area contributed by atoms with E-state index < -0.39 is 23.9 Å². The summed E-state index contributed by atoms with van der Waals surface area (Å²) in [5.41, 5.74) is 0. The molecule has 0 saturated carbocycles. The van der Waals surface area contributed by atoms with Crippen molar-refractivity contribution in [2.45, 2.75) is 27.7 Å². The van der Waals surface area contributed by atoms with Crippen molar-refractivity contribution in [3.05, 3.63) is 0 Å². The van der Waals surface area contributed by atoms with Gasteiger partial charge < -0.3 is 20.4 Å². The first-order valence-corrected chi connectivity index (χ1v) is 3.71. The third kappa shape index (κ3) is 2000. The molecule has 0 aliphatic carbocycles. The Bertz CT molecular complexity index is 171. The van der Waals surface area contributed by atoms with Gasteiger partial charge in [0, 0.05) is 27.7 Å². The van der Waals surface area contributed by atoms with Crippen molar-refractivity contribution < 1.29 is 39.6 Å². The fourth-order valence-corrected chi connectivity index (χ4v) is 0. The van der Waals surface area contributed by atoms with Gasteiger partial charge in [-0.3, -0.25) is 19.2 Å².